The molecule has 5 nitrogen and oxygen atoms in total. The number of hydrogen-bond acceptors (Lipinski definition) is 4. The molecule has 0 spiro atoms. The zero-order valence-corrected chi connectivity index (χ0v) is 16.2. The van der Waals surface area contributed by atoms with Gasteiger partial charge in [0, 0.05) is 34.3 Å². The number of Topliss-reactive ketones (excluding diaryl/α,β-unsaturated/α-hetero) is 1. The van der Waals surface area contributed by atoms with Gasteiger partial charge in [0.15, 0.2) is 6.61 Å². The summed E-state index contributed by atoms with van der Waals surface area (Å²) >= 11 is 17.6. The van der Waals surface area contributed by atoms with E-state index in [0.717, 1.165) is 0 Å². The number of rotatable bonds is 5. The van der Waals surface area contributed by atoms with Gasteiger partial charge in [-0.3, -0.25) is 14.4 Å². The summed E-state index contributed by atoms with van der Waals surface area (Å²) in [7, 11) is 0. The largest absolute Gasteiger partial charge is 0.457 e. The van der Waals surface area contributed by atoms with E-state index < -0.39 is 24.3 Å². The van der Waals surface area contributed by atoms with E-state index in [2.05, 4.69) is 0 Å². The molecule has 3 rings (SSSR count). The molecule has 1 saturated heterocycles. The van der Waals surface area contributed by atoms with Crippen molar-refractivity contribution in [2.75, 3.05) is 18.1 Å². The summed E-state index contributed by atoms with van der Waals surface area (Å²) in [5.74, 6) is -1.87. The Morgan fingerprint density at radius 2 is 1.70 bits per heavy atom. The van der Waals surface area contributed by atoms with Crippen molar-refractivity contribution in [1.82, 2.24) is 0 Å². The van der Waals surface area contributed by atoms with E-state index in [4.69, 9.17) is 39.5 Å². The molecule has 0 radical (unpaired) electrons. The summed E-state index contributed by atoms with van der Waals surface area (Å²) in [6, 6.07) is 11.2. The first-order chi connectivity index (χ1) is 12.8. The van der Waals surface area contributed by atoms with Crippen LogP contribution in [0.3, 0.4) is 0 Å². The molecule has 1 fully saturated rings. The van der Waals surface area contributed by atoms with Gasteiger partial charge in [-0.25, -0.2) is 0 Å². The number of ether oxygens (including phenoxy) is 1. The molecule has 0 unspecified atom stereocenters. The molecule has 1 heterocycles. The quantitative estimate of drug-likeness (QED) is 0.524. The molecule has 0 aliphatic carbocycles. The molecule has 2 aromatic carbocycles. The van der Waals surface area contributed by atoms with E-state index in [0.29, 0.717) is 15.7 Å². The van der Waals surface area contributed by atoms with Crippen molar-refractivity contribution >= 4 is 58.1 Å². The summed E-state index contributed by atoms with van der Waals surface area (Å²) in [5, 5.41) is 1.15. The van der Waals surface area contributed by atoms with E-state index in [1.54, 1.807) is 24.3 Å². The second-order valence-corrected chi connectivity index (χ2v) is 7.32. The number of carbonyl (C=O) groups is 3. The molecule has 1 amide bonds. The van der Waals surface area contributed by atoms with Gasteiger partial charge < -0.3 is 9.64 Å². The molecule has 0 bridgehead atoms. The van der Waals surface area contributed by atoms with Crippen molar-refractivity contribution in [1.29, 1.82) is 0 Å². The molecule has 8 heteroatoms. The van der Waals surface area contributed by atoms with Crippen LogP contribution in [0.25, 0.3) is 0 Å². The predicted molar refractivity (Wildman–Crippen MR) is 104 cm³/mol. The fraction of sp³-hybridized carbons (Fsp3) is 0.211. The Labute approximate surface area is 170 Å². The Hall–Kier alpha value is -2.08. The van der Waals surface area contributed by atoms with E-state index in [1.165, 1.54) is 23.1 Å². The Balaban J connectivity index is 1.59. The van der Waals surface area contributed by atoms with Crippen molar-refractivity contribution in [3.63, 3.8) is 0 Å². The van der Waals surface area contributed by atoms with Crippen LogP contribution in [-0.2, 0) is 14.3 Å². The normalized spacial score (nSPS) is 16.5. The van der Waals surface area contributed by atoms with Crippen LogP contribution < -0.4 is 4.90 Å². The summed E-state index contributed by atoms with van der Waals surface area (Å²) < 4.78 is 5.10. The Bertz CT molecular complexity index is 898. The fourth-order valence-corrected chi connectivity index (χ4v) is 3.42. The van der Waals surface area contributed by atoms with Gasteiger partial charge in [0.05, 0.1) is 10.9 Å². The maximum atomic E-state index is 12.3. The number of anilines is 1. The first-order valence-electron chi connectivity index (χ1n) is 8.06. The van der Waals surface area contributed by atoms with Crippen molar-refractivity contribution < 1.29 is 19.1 Å². The molecule has 0 aromatic heterocycles. The number of halogens is 3. The van der Waals surface area contributed by atoms with Crippen molar-refractivity contribution in [3.05, 3.63) is 63.1 Å². The lowest BCUT2D eigenvalue weighted by molar-refractivity contribution is -0.147. The van der Waals surface area contributed by atoms with Gasteiger partial charge in [0.25, 0.3) is 0 Å². The van der Waals surface area contributed by atoms with Crippen LogP contribution in [0.15, 0.2) is 42.5 Å². The maximum absolute atomic E-state index is 12.3. The van der Waals surface area contributed by atoms with Gasteiger partial charge in [-0.1, -0.05) is 34.8 Å². The maximum Gasteiger partial charge on any atom is 0.311 e. The molecule has 27 heavy (non-hydrogen) atoms. The topological polar surface area (TPSA) is 63.7 Å². The summed E-state index contributed by atoms with van der Waals surface area (Å²) in [6.45, 7) is -0.263. The first kappa shape index (κ1) is 19.7. The van der Waals surface area contributed by atoms with Gasteiger partial charge in [-0.2, -0.15) is 0 Å². The van der Waals surface area contributed by atoms with Crippen LogP contribution in [0, 0.1) is 5.92 Å². The predicted octanol–water partition coefficient (Wildman–Crippen LogP) is 4.43. The van der Waals surface area contributed by atoms with Crippen LogP contribution in [0.2, 0.25) is 15.1 Å². The first-order valence-corrected chi connectivity index (χ1v) is 9.19. The second-order valence-electron chi connectivity index (χ2n) is 6.04. The SMILES string of the molecule is O=C(COC(=O)[C@@H]1CC(=O)N(c2ccc(Cl)cc2)C1)c1ccc(Cl)cc1Cl. The minimum absolute atomic E-state index is 0.0252. The van der Waals surface area contributed by atoms with E-state index >= 15 is 0 Å². The average molecular weight is 427 g/mol. The third kappa shape index (κ3) is 4.61. The molecule has 1 atom stereocenters. The molecule has 2 aromatic rings. The second kappa shape index (κ2) is 8.30. The smallest absolute Gasteiger partial charge is 0.311 e. The van der Waals surface area contributed by atoms with Gasteiger partial charge in [-0.05, 0) is 42.5 Å². The highest BCUT2D eigenvalue weighted by atomic mass is 35.5. The van der Waals surface area contributed by atoms with Crippen molar-refractivity contribution in [2.45, 2.75) is 6.42 Å². The zero-order valence-electron chi connectivity index (χ0n) is 14.0. The number of amides is 1. The Morgan fingerprint density at radius 1 is 1.04 bits per heavy atom. The Morgan fingerprint density at radius 3 is 2.37 bits per heavy atom. The van der Waals surface area contributed by atoms with Crippen LogP contribution in [-0.4, -0.2) is 30.8 Å². The number of ketones is 1. The van der Waals surface area contributed by atoms with Gasteiger partial charge in [-0.15, -0.1) is 0 Å². The number of hydrogen-bond donors (Lipinski definition) is 0. The number of carbonyl (C=O) groups excluding carboxylic acids is 3. The third-order valence-electron chi connectivity index (χ3n) is 4.17. The number of esters is 1. The van der Waals surface area contributed by atoms with Gasteiger partial charge >= 0.3 is 5.97 Å². The van der Waals surface area contributed by atoms with Crippen LogP contribution in [0.5, 0.6) is 0 Å². The summed E-state index contributed by atoms with van der Waals surface area (Å²) in [5.41, 5.74) is 0.878. The van der Waals surface area contributed by atoms with Gasteiger partial charge in [0.1, 0.15) is 0 Å². The lowest BCUT2D eigenvalue weighted by atomic mass is 10.1. The molecular weight excluding hydrogens is 413 g/mol. The lowest BCUT2D eigenvalue weighted by Crippen LogP contribution is -2.27. The van der Waals surface area contributed by atoms with Crippen molar-refractivity contribution in [3.8, 4) is 0 Å². The monoisotopic (exact) mass is 425 g/mol. The van der Waals surface area contributed by atoms with Crippen LogP contribution >= 0.6 is 34.8 Å². The number of benzene rings is 2. The molecule has 140 valence electrons. The average Bonchev–Trinajstić information content (AvgIpc) is 3.02. The van der Waals surface area contributed by atoms with Crippen molar-refractivity contribution in [2.24, 2.45) is 5.92 Å². The third-order valence-corrected chi connectivity index (χ3v) is 4.97. The molecule has 1 aliphatic heterocycles. The molecule has 1 aliphatic rings. The van der Waals surface area contributed by atoms with E-state index in [-0.39, 0.29) is 29.5 Å². The highest BCUT2D eigenvalue weighted by Gasteiger charge is 2.36. The van der Waals surface area contributed by atoms with E-state index in [9.17, 15) is 14.4 Å². The minimum atomic E-state index is -0.637. The van der Waals surface area contributed by atoms with E-state index in [1.807, 2.05) is 0 Å². The summed E-state index contributed by atoms with van der Waals surface area (Å²) in [4.78, 5) is 38.2. The fourth-order valence-electron chi connectivity index (χ4n) is 2.78. The Kier molecular flexibility index (Phi) is 6.05. The standard InChI is InChI=1S/C19H14Cl3NO4/c20-12-1-4-14(5-2-12)23-9-11(7-18(23)25)19(26)27-10-17(24)15-6-3-13(21)8-16(15)22/h1-6,8,11H,7,9-10H2/t11-/m1/s1. The highest BCUT2D eigenvalue weighted by molar-refractivity contribution is 6.36. The highest BCUT2D eigenvalue weighted by Crippen LogP contribution is 2.27. The molecule has 0 N–H and O–H groups in total. The van der Waals surface area contributed by atoms with Crippen LogP contribution in [0.4, 0.5) is 5.69 Å². The number of nitrogens with zero attached hydrogens (tertiary/aromatic N) is 1. The van der Waals surface area contributed by atoms with Crippen LogP contribution in [0.1, 0.15) is 16.8 Å². The van der Waals surface area contributed by atoms with Gasteiger partial charge in [0.2, 0.25) is 11.7 Å². The minimum Gasteiger partial charge on any atom is -0.457 e. The summed E-state index contributed by atoms with van der Waals surface area (Å²) in [6.07, 6.45) is 0.0252. The lowest BCUT2D eigenvalue weighted by Gasteiger charge is -2.16. The zero-order chi connectivity index (χ0) is 19.6. The molecule has 0 saturated carbocycles. The molecular formula is C19H14Cl3NO4.